The number of rotatable bonds is 7. The second-order valence-corrected chi connectivity index (χ2v) is 3.33. The number of nitrogens with two attached hydrogens (primary N) is 1. The van der Waals surface area contributed by atoms with Crippen LogP contribution in [0.5, 0.6) is 0 Å². The number of hydrogen-bond donors (Lipinski definition) is 2. The highest BCUT2D eigenvalue weighted by Crippen LogP contribution is 2.08. The van der Waals surface area contributed by atoms with Gasteiger partial charge in [-0.05, 0) is 6.42 Å². The van der Waals surface area contributed by atoms with E-state index in [1.54, 1.807) is 17.2 Å². The minimum Gasteiger partial charge on any atom is -0.386 e. The summed E-state index contributed by atoms with van der Waals surface area (Å²) in [5, 5.41) is 7.73. The molecule has 8 nitrogen and oxygen atoms in total. The van der Waals surface area contributed by atoms with Crippen molar-refractivity contribution in [2.24, 2.45) is 11.0 Å². The van der Waals surface area contributed by atoms with Crippen molar-refractivity contribution in [2.75, 3.05) is 6.61 Å². The van der Waals surface area contributed by atoms with Gasteiger partial charge in [0.25, 0.3) is 5.91 Å². The van der Waals surface area contributed by atoms with Gasteiger partial charge in [-0.25, -0.2) is 15.5 Å². The maximum absolute atomic E-state index is 10.7. The predicted molar refractivity (Wildman–Crippen MR) is 60.7 cm³/mol. The Morgan fingerprint density at radius 2 is 2.59 bits per heavy atom. The number of nitrogens with one attached hydrogen (secondary N) is 1. The molecule has 0 aliphatic carbocycles. The lowest BCUT2D eigenvalue weighted by Crippen LogP contribution is -2.32. The van der Waals surface area contributed by atoms with Crippen LogP contribution < -0.4 is 11.3 Å². The van der Waals surface area contributed by atoms with Crippen molar-refractivity contribution in [3.05, 3.63) is 12.7 Å². The van der Waals surface area contributed by atoms with Crippen molar-refractivity contribution >= 4 is 12.1 Å². The van der Waals surface area contributed by atoms with Crippen LogP contribution in [-0.4, -0.2) is 33.5 Å². The average Bonchev–Trinajstić information content (AvgIpc) is 2.86. The third kappa shape index (κ3) is 4.60. The van der Waals surface area contributed by atoms with Crippen molar-refractivity contribution in [1.29, 1.82) is 0 Å². The molecule has 1 atom stereocenters. The summed E-state index contributed by atoms with van der Waals surface area (Å²) in [5.41, 5.74) is 1.94. The molecule has 1 unspecified atom stereocenters. The van der Waals surface area contributed by atoms with E-state index >= 15 is 0 Å². The maximum atomic E-state index is 10.7. The summed E-state index contributed by atoms with van der Waals surface area (Å²) in [6.45, 7) is 1.85. The molecule has 1 aromatic heterocycles. The van der Waals surface area contributed by atoms with Crippen LogP contribution in [0.15, 0.2) is 17.8 Å². The third-order valence-corrected chi connectivity index (χ3v) is 2.02. The van der Waals surface area contributed by atoms with Crippen LogP contribution in [-0.2, 0) is 9.63 Å². The van der Waals surface area contributed by atoms with Crippen molar-refractivity contribution in [3.63, 3.8) is 0 Å². The van der Waals surface area contributed by atoms with E-state index in [1.807, 2.05) is 5.43 Å². The Balaban J connectivity index is 2.44. The number of oxime groups is 1. The number of amides is 1. The van der Waals surface area contributed by atoms with E-state index in [1.165, 1.54) is 6.33 Å². The summed E-state index contributed by atoms with van der Waals surface area (Å²) >= 11 is 0. The topological polar surface area (TPSA) is 107 Å². The number of hydrogen-bond acceptors (Lipinski definition) is 6. The third-order valence-electron chi connectivity index (χ3n) is 2.02. The standard InChI is InChI=1S/C9H16N6O2/c1-2-3-8(15-7-11-6-12-15)4-13-17-5-9(16)14-10/h4,6-8H,2-3,5,10H2,1H3,(H,14,16). The lowest BCUT2D eigenvalue weighted by molar-refractivity contribution is -0.125. The fraction of sp³-hybridized carbons (Fsp3) is 0.556. The van der Waals surface area contributed by atoms with Crippen molar-refractivity contribution < 1.29 is 9.63 Å². The zero-order chi connectivity index (χ0) is 12.5. The van der Waals surface area contributed by atoms with E-state index in [0.29, 0.717) is 0 Å². The summed E-state index contributed by atoms with van der Waals surface area (Å²) in [6, 6.07) is -0.0246. The molecule has 1 heterocycles. The van der Waals surface area contributed by atoms with Crippen LogP contribution in [0.2, 0.25) is 0 Å². The van der Waals surface area contributed by atoms with Gasteiger partial charge in [0.05, 0.1) is 12.3 Å². The zero-order valence-electron chi connectivity index (χ0n) is 9.61. The minimum absolute atomic E-state index is 0.0246. The van der Waals surface area contributed by atoms with Crippen molar-refractivity contribution in [2.45, 2.75) is 25.8 Å². The zero-order valence-corrected chi connectivity index (χ0v) is 9.61. The first-order valence-corrected chi connectivity index (χ1v) is 5.27. The molecule has 1 aromatic rings. The van der Waals surface area contributed by atoms with Crippen LogP contribution in [0.3, 0.4) is 0 Å². The number of carbonyl (C=O) groups is 1. The van der Waals surface area contributed by atoms with E-state index in [4.69, 9.17) is 10.7 Å². The highest BCUT2D eigenvalue weighted by atomic mass is 16.6. The fourth-order valence-corrected chi connectivity index (χ4v) is 1.21. The molecular formula is C9H16N6O2. The Morgan fingerprint density at radius 3 is 3.18 bits per heavy atom. The molecule has 8 heteroatoms. The van der Waals surface area contributed by atoms with E-state index < -0.39 is 5.91 Å². The van der Waals surface area contributed by atoms with Gasteiger partial charge in [-0.2, -0.15) is 5.10 Å². The normalized spacial score (nSPS) is 12.6. The van der Waals surface area contributed by atoms with E-state index in [-0.39, 0.29) is 12.6 Å². The summed E-state index contributed by atoms with van der Waals surface area (Å²) in [7, 11) is 0. The second-order valence-electron chi connectivity index (χ2n) is 3.33. The van der Waals surface area contributed by atoms with Crippen LogP contribution in [0.25, 0.3) is 0 Å². The molecule has 0 saturated carbocycles. The van der Waals surface area contributed by atoms with Crippen molar-refractivity contribution in [3.8, 4) is 0 Å². The van der Waals surface area contributed by atoms with E-state index in [2.05, 4.69) is 22.2 Å². The quantitative estimate of drug-likeness (QED) is 0.292. The molecule has 17 heavy (non-hydrogen) atoms. The molecule has 0 saturated heterocycles. The first-order valence-electron chi connectivity index (χ1n) is 5.27. The van der Waals surface area contributed by atoms with Crippen LogP contribution in [0.4, 0.5) is 0 Å². The highest BCUT2D eigenvalue weighted by molar-refractivity contribution is 5.76. The van der Waals surface area contributed by atoms with Gasteiger partial charge in [0.15, 0.2) is 6.61 Å². The first-order chi connectivity index (χ1) is 8.27. The number of carbonyl (C=O) groups excluding carboxylic acids is 1. The summed E-state index contributed by atoms with van der Waals surface area (Å²) in [6.07, 6.45) is 6.49. The Morgan fingerprint density at radius 1 is 1.76 bits per heavy atom. The maximum Gasteiger partial charge on any atom is 0.274 e. The molecule has 0 spiro atoms. The Bertz CT molecular complexity index is 350. The van der Waals surface area contributed by atoms with Gasteiger partial charge in [0.1, 0.15) is 12.7 Å². The van der Waals surface area contributed by atoms with Gasteiger partial charge in [-0.3, -0.25) is 10.2 Å². The molecule has 0 aliphatic heterocycles. The number of nitrogens with zero attached hydrogens (tertiary/aromatic N) is 4. The van der Waals surface area contributed by atoms with Gasteiger partial charge in [0, 0.05) is 0 Å². The first kappa shape index (κ1) is 13.1. The van der Waals surface area contributed by atoms with Crippen LogP contribution >= 0.6 is 0 Å². The molecule has 1 amide bonds. The molecular weight excluding hydrogens is 224 g/mol. The SMILES string of the molecule is CCCC(C=NOCC(=O)NN)n1cncn1. The lowest BCUT2D eigenvalue weighted by atomic mass is 10.2. The molecule has 0 bridgehead atoms. The Kier molecular flexibility index (Phi) is 5.66. The van der Waals surface area contributed by atoms with Crippen LogP contribution in [0, 0.1) is 0 Å². The molecule has 0 aliphatic rings. The number of hydrazine groups is 1. The Labute approximate surface area is 98.8 Å². The highest BCUT2D eigenvalue weighted by Gasteiger charge is 2.07. The molecule has 0 aromatic carbocycles. The van der Waals surface area contributed by atoms with Gasteiger partial charge in [-0.15, -0.1) is 0 Å². The average molecular weight is 240 g/mol. The second kappa shape index (κ2) is 7.34. The molecule has 94 valence electrons. The smallest absolute Gasteiger partial charge is 0.274 e. The molecule has 0 fully saturated rings. The van der Waals surface area contributed by atoms with E-state index in [0.717, 1.165) is 12.8 Å². The van der Waals surface area contributed by atoms with Crippen LogP contribution in [0.1, 0.15) is 25.8 Å². The molecule has 1 rings (SSSR count). The lowest BCUT2D eigenvalue weighted by Gasteiger charge is -2.09. The molecule has 3 N–H and O–H groups in total. The number of aromatic nitrogens is 3. The monoisotopic (exact) mass is 240 g/mol. The summed E-state index contributed by atoms with van der Waals surface area (Å²) in [4.78, 5) is 19.4. The van der Waals surface area contributed by atoms with Crippen molar-refractivity contribution in [1.82, 2.24) is 20.2 Å². The predicted octanol–water partition coefficient (Wildman–Crippen LogP) is -0.388. The minimum atomic E-state index is -0.435. The summed E-state index contributed by atoms with van der Waals surface area (Å²) in [5.74, 6) is 4.45. The van der Waals surface area contributed by atoms with Gasteiger partial charge >= 0.3 is 0 Å². The van der Waals surface area contributed by atoms with Gasteiger partial charge < -0.3 is 4.84 Å². The molecule has 0 radical (unpaired) electrons. The fourth-order valence-electron chi connectivity index (χ4n) is 1.21. The van der Waals surface area contributed by atoms with E-state index in [9.17, 15) is 4.79 Å². The summed E-state index contributed by atoms with van der Waals surface area (Å²) < 4.78 is 1.68. The largest absolute Gasteiger partial charge is 0.386 e. The van der Waals surface area contributed by atoms with Gasteiger partial charge in [-0.1, -0.05) is 18.5 Å². The van der Waals surface area contributed by atoms with Gasteiger partial charge in [0.2, 0.25) is 0 Å². The Hall–Kier alpha value is -1.96.